The van der Waals surface area contributed by atoms with E-state index < -0.39 is 5.60 Å². The molecule has 24 heavy (non-hydrogen) atoms. The number of amides is 1. The summed E-state index contributed by atoms with van der Waals surface area (Å²) in [6.07, 6.45) is 1.36. The fourth-order valence-electron chi connectivity index (χ4n) is 2.85. The summed E-state index contributed by atoms with van der Waals surface area (Å²) in [6.45, 7) is 8.22. The van der Waals surface area contributed by atoms with Gasteiger partial charge in [-0.05, 0) is 52.2 Å². The molecule has 0 radical (unpaired) electrons. The third-order valence-corrected chi connectivity index (χ3v) is 3.98. The van der Waals surface area contributed by atoms with Gasteiger partial charge in [0.05, 0.1) is 0 Å². The van der Waals surface area contributed by atoms with Gasteiger partial charge in [0.2, 0.25) is 11.8 Å². The van der Waals surface area contributed by atoms with Crippen molar-refractivity contribution in [2.45, 2.75) is 52.2 Å². The average molecular weight is 329 g/mol. The molecule has 2 aromatic rings. The van der Waals surface area contributed by atoms with Gasteiger partial charge in [0.25, 0.3) is 0 Å². The molecule has 0 spiro atoms. The highest BCUT2D eigenvalue weighted by molar-refractivity contribution is 5.69. The second kappa shape index (κ2) is 6.26. The van der Waals surface area contributed by atoms with Crippen molar-refractivity contribution in [2.24, 2.45) is 0 Å². The van der Waals surface area contributed by atoms with Crippen LogP contribution in [0.2, 0.25) is 0 Å². The lowest BCUT2D eigenvalue weighted by atomic mass is 10.1. The molecule has 1 aliphatic heterocycles. The first-order valence-electron chi connectivity index (χ1n) is 8.24. The standard InChI is InChI=1S/C18H23N3O3/c1-12-8-5-6-9-13(12)15-19-20-16(23-15)14-10-7-11-21(14)17(22)24-18(2,3)4/h5-6,8-9,14H,7,10-11H2,1-4H3. The van der Waals surface area contributed by atoms with E-state index in [0.29, 0.717) is 18.3 Å². The number of rotatable bonds is 2. The number of likely N-dealkylation sites (tertiary alicyclic amines) is 1. The largest absolute Gasteiger partial charge is 0.444 e. The molecule has 6 heteroatoms. The number of aromatic nitrogens is 2. The summed E-state index contributed by atoms with van der Waals surface area (Å²) in [5, 5.41) is 8.34. The molecule has 1 aromatic carbocycles. The number of nitrogens with zero attached hydrogens (tertiary/aromatic N) is 3. The number of hydrogen-bond donors (Lipinski definition) is 0. The summed E-state index contributed by atoms with van der Waals surface area (Å²) in [7, 11) is 0. The molecule has 1 aromatic heterocycles. The van der Waals surface area contributed by atoms with Crippen LogP contribution < -0.4 is 0 Å². The molecule has 1 fully saturated rings. The van der Waals surface area contributed by atoms with E-state index in [-0.39, 0.29) is 12.1 Å². The Morgan fingerprint density at radius 2 is 2.04 bits per heavy atom. The van der Waals surface area contributed by atoms with Crippen LogP contribution in [0.25, 0.3) is 11.5 Å². The van der Waals surface area contributed by atoms with Gasteiger partial charge in [-0.2, -0.15) is 0 Å². The van der Waals surface area contributed by atoms with E-state index in [0.717, 1.165) is 24.0 Å². The van der Waals surface area contributed by atoms with Gasteiger partial charge in [-0.25, -0.2) is 4.79 Å². The van der Waals surface area contributed by atoms with E-state index in [1.807, 2.05) is 52.0 Å². The molecular formula is C18H23N3O3. The topological polar surface area (TPSA) is 68.5 Å². The molecule has 3 rings (SSSR count). The zero-order valence-electron chi connectivity index (χ0n) is 14.6. The summed E-state index contributed by atoms with van der Waals surface area (Å²) < 4.78 is 11.4. The lowest BCUT2D eigenvalue weighted by Gasteiger charge is -2.27. The summed E-state index contributed by atoms with van der Waals surface area (Å²) in [5.41, 5.74) is 1.46. The maximum absolute atomic E-state index is 12.4. The summed E-state index contributed by atoms with van der Waals surface area (Å²) in [4.78, 5) is 14.1. The third kappa shape index (κ3) is 3.42. The van der Waals surface area contributed by atoms with Crippen LogP contribution in [0, 0.1) is 6.92 Å². The van der Waals surface area contributed by atoms with Gasteiger partial charge in [-0.1, -0.05) is 18.2 Å². The Kier molecular flexibility index (Phi) is 4.30. The highest BCUT2D eigenvalue weighted by atomic mass is 16.6. The maximum atomic E-state index is 12.4. The van der Waals surface area contributed by atoms with Crippen molar-refractivity contribution < 1.29 is 13.9 Å². The first-order chi connectivity index (χ1) is 11.3. The minimum atomic E-state index is -0.522. The van der Waals surface area contributed by atoms with E-state index >= 15 is 0 Å². The molecule has 6 nitrogen and oxygen atoms in total. The van der Waals surface area contributed by atoms with E-state index in [1.54, 1.807) is 4.90 Å². The lowest BCUT2D eigenvalue weighted by Crippen LogP contribution is -2.36. The van der Waals surface area contributed by atoms with Crippen molar-refractivity contribution >= 4 is 6.09 Å². The molecule has 1 atom stereocenters. The monoisotopic (exact) mass is 329 g/mol. The van der Waals surface area contributed by atoms with E-state index in [2.05, 4.69) is 10.2 Å². The minimum absolute atomic E-state index is 0.217. The molecule has 1 amide bonds. The number of hydrogen-bond acceptors (Lipinski definition) is 5. The normalized spacial score (nSPS) is 18.0. The second-order valence-electron chi connectivity index (χ2n) is 7.09. The highest BCUT2D eigenvalue weighted by Gasteiger charge is 2.36. The van der Waals surface area contributed by atoms with Crippen LogP contribution in [0.4, 0.5) is 4.79 Å². The summed E-state index contributed by atoms with van der Waals surface area (Å²) in [6, 6.07) is 7.64. The van der Waals surface area contributed by atoms with Crippen LogP contribution in [0.15, 0.2) is 28.7 Å². The third-order valence-electron chi connectivity index (χ3n) is 3.98. The van der Waals surface area contributed by atoms with Gasteiger partial charge >= 0.3 is 6.09 Å². The van der Waals surface area contributed by atoms with Crippen LogP contribution in [-0.2, 0) is 4.74 Å². The fraction of sp³-hybridized carbons (Fsp3) is 0.500. The molecule has 0 saturated carbocycles. The van der Waals surface area contributed by atoms with E-state index in [9.17, 15) is 4.79 Å². The van der Waals surface area contributed by atoms with Gasteiger partial charge in [-0.3, -0.25) is 4.90 Å². The predicted molar refractivity (Wildman–Crippen MR) is 89.4 cm³/mol. The maximum Gasteiger partial charge on any atom is 0.410 e. The molecule has 0 aliphatic carbocycles. The molecule has 1 aliphatic rings. The molecule has 0 N–H and O–H groups in total. The Labute approximate surface area is 141 Å². The molecule has 128 valence electrons. The number of benzene rings is 1. The quantitative estimate of drug-likeness (QED) is 0.829. The first-order valence-corrected chi connectivity index (χ1v) is 8.24. The minimum Gasteiger partial charge on any atom is -0.444 e. The average Bonchev–Trinajstić information content (AvgIpc) is 3.14. The zero-order valence-corrected chi connectivity index (χ0v) is 14.6. The fourth-order valence-corrected chi connectivity index (χ4v) is 2.85. The Hall–Kier alpha value is -2.37. The van der Waals surface area contributed by atoms with Crippen LogP contribution in [-0.4, -0.2) is 33.3 Å². The van der Waals surface area contributed by atoms with Crippen molar-refractivity contribution in [1.82, 2.24) is 15.1 Å². The van der Waals surface area contributed by atoms with Gasteiger partial charge in [0, 0.05) is 12.1 Å². The van der Waals surface area contributed by atoms with Crippen molar-refractivity contribution in [3.8, 4) is 11.5 Å². The van der Waals surface area contributed by atoms with Crippen LogP contribution in [0.3, 0.4) is 0 Å². The molecular weight excluding hydrogens is 306 g/mol. The zero-order chi connectivity index (χ0) is 17.3. The number of carbonyl (C=O) groups is 1. The Bertz CT molecular complexity index is 733. The van der Waals surface area contributed by atoms with Crippen LogP contribution in [0.5, 0.6) is 0 Å². The van der Waals surface area contributed by atoms with Crippen molar-refractivity contribution in [3.05, 3.63) is 35.7 Å². The highest BCUT2D eigenvalue weighted by Crippen LogP contribution is 2.34. The number of carbonyl (C=O) groups excluding carboxylic acids is 1. The lowest BCUT2D eigenvalue weighted by molar-refractivity contribution is 0.0204. The Morgan fingerprint density at radius 1 is 1.29 bits per heavy atom. The molecule has 1 saturated heterocycles. The van der Waals surface area contributed by atoms with Gasteiger partial charge in [-0.15, -0.1) is 10.2 Å². The van der Waals surface area contributed by atoms with Crippen LogP contribution >= 0.6 is 0 Å². The van der Waals surface area contributed by atoms with Crippen molar-refractivity contribution in [2.75, 3.05) is 6.54 Å². The second-order valence-corrected chi connectivity index (χ2v) is 7.09. The SMILES string of the molecule is Cc1ccccc1-c1nnc(C2CCCN2C(=O)OC(C)(C)C)o1. The van der Waals surface area contributed by atoms with Crippen molar-refractivity contribution in [3.63, 3.8) is 0 Å². The van der Waals surface area contributed by atoms with Gasteiger partial charge in [0.15, 0.2) is 0 Å². The van der Waals surface area contributed by atoms with Crippen LogP contribution in [0.1, 0.15) is 51.1 Å². The van der Waals surface area contributed by atoms with Gasteiger partial charge < -0.3 is 9.15 Å². The van der Waals surface area contributed by atoms with E-state index in [4.69, 9.17) is 9.15 Å². The molecule has 0 bridgehead atoms. The predicted octanol–water partition coefficient (Wildman–Crippen LogP) is 4.12. The van der Waals surface area contributed by atoms with E-state index in [1.165, 1.54) is 0 Å². The van der Waals surface area contributed by atoms with Gasteiger partial charge in [0.1, 0.15) is 11.6 Å². The summed E-state index contributed by atoms with van der Waals surface area (Å²) >= 11 is 0. The first kappa shape index (κ1) is 16.5. The molecule has 1 unspecified atom stereocenters. The number of aryl methyl sites for hydroxylation is 1. The smallest absolute Gasteiger partial charge is 0.410 e. The molecule has 2 heterocycles. The number of ether oxygens (including phenoxy) is 1. The summed E-state index contributed by atoms with van der Waals surface area (Å²) in [5.74, 6) is 0.954. The van der Waals surface area contributed by atoms with Crippen molar-refractivity contribution in [1.29, 1.82) is 0 Å². The Morgan fingerprint density at radius 3 is 2.75 bits per heavy atom. The Balaban J connectivity index is 1.81.